The second-order valence-electron chi connectivity index (χ2n) is 4.98. The SMILES string of the molecule is CS(=O)(=O)NC[C@@H]1CCCN(C(=O)c2ccc(Cl)o2)C1. The first-order valence-corrected chi connectivity index (χ1v) is 8.61. The lowest BCUT2D eigenvalue weighted by Gasteiger charge is -2.32. The van der Waals surface area contributed by atoms with E-state index in [4.69, 9.17) is 16.0 Å². The third-order valence-corrected chi connectivity index (χ3v) is 4.12. The molecule has 0 radical (unpaired) electrons. The van der Waals surface area contributed by atoms with Crippen molar-refractivity contribution in [2.45, 2.75) is 12.8 Å². The van der Waals surface area contributed by atoms with E-state index in [1.807, 2.05) is 0 Å². The Balaban J connectivity index is 1.94. The van der Waals surface area contributed by atoms with Gasteiger partial charge in [-0.1, -0.05) is 0 Å². The molecular formula is C12H17ClN2O4S. The number of hydrogen-bond donors (Lipinski definition) is 1. The van der Waals surface area contributed by atoms with Crippen LogP contribution < -0.4 is 4.72 Å². The van der Waals surface area contributed by atoms with Crippen LogP contribution in [-0.4, -0.2) is 45.1 Å². The Bertz CT molecular complexity index is 584. The smallest absolute Gasteiger partial charge is 0.289 e. The van der Waals surface area contributed by atoms with E-state index in [1.165, 1.54) is 6.07 Å². The van der Waals surface area contributed by atoms with E-state index in [9.17, 15) is 13.2 Å². The van der Waals surface area contributed by atoms with Crippen molar-refractivity contribution in [2.24, 2.45) is 5.92 Å². The van der Waals surface area contributed by atoms with E-state index in [0.29, 0.717) is 19.6 Å². The van der Waals surface area contributed by atoms with Crippen LogP contribution in [0.15, 0.2) is 16.5 Å². The minimum Gasteiger partial charge on any atom is -0.440 e. The van der Waals surface area contributed by atoms with Crippen LogP contribution in [0.4, 0.5) is 0 Å². The van der Waals surface area contributed by atoms with Gasteiger partial charge in [0.1, 0.15) is 0 Å². The summed E-state index contributed by atoms with van der Waals surface area (Å²) in [6.45, 7) is 1.51. The Labute approximate surface area is 123 Å². The number of rotatable bonds is 4. The van der Waals surface area contributed by atoms with Gasteiger partial charge in [0, 0.05) is 19.6 Å². The number of nitrogens with zero attached hydrogens (tertiary/aromatic N) is 1. The summed E-state index contributed by atoms with van der Waals surface area (Å²) in [6.07, 6.45) is 2.87. The van der Waals surface area contributed by atoms with Crippen molar-refractivity contribution in [1.82, 2.24) is 9.62 Å². The number of carbonyl (C=O) groups is 1. The second-order valence-corrected chi connectivity index (χ2v) is 7.19. The Morgan fingerprint density at radius 1 is 1.55 bits per heavy atom. The van der Waals surface area contributed by atoms with E-state index in [1.54, 1.807) is 11.0 Å². The maximum atomic E-state index is 12.2. The van der Waals surface area contributed by atoms with E-state index in [2.05, 4.69) is 4.72 Å². The molecule has 2 rings (SSSR count). The van der Waals surface area contributed by atoms with Gasteiger partial charge in [-0.05, 0) is 42.5 Å². The summed E-state index contributed by atoms with van der Waals surface area (Å²) in [7, 11) is -3.20. The van der Waals surface area contributed by atoms with Crippen molar-refractivity contribution in [3.63, 3.8) is 0 Å². The van der Waals surface area contributed by atoms with Crippen LogP contribution >= 0.6 is 11.6 Å². The molecule has 8 heteroatoms. The fourth-order valence-electron chi connectivity index (χ4n) is 2.27. The molecule has 1 saturated heterocycles. The average Bonchev–Trinajstić information content (AvgIpc) is 2.82. The van der Waals surface area contributed by atoms with Gasteiger partial charge >= 0.3 is 0 Å². The summed E-state index contributed by atoms with van der Waals surface area (Å²) in [5.74, 6) is 0.125. The van der Waals surface area contributed by atoms with E-state index >= 15 is 0 Å². The second kappa shape index (κ2) is 6.15. The number of piperidine rings is 1. The van der Waals surface area contributed by atoms with Gasteiger partial charge in [0.05, 0.1) is 6.26 Å². The molecule has 20 heavy (non-hydrogen) atoms. The number of nitrogens with one attached hydrogen (secondary N) is 1. The van der Waals surface area contributed by atoms with E-state index in [-0.39, 0.29) is 22.8 Å². The Hall–Kier alpha value is -1.05. The van der Waals surface area contributed by atoms with Crippen LogP contribution in [-0.2, 0) is 10.0 Å². The molecule has 0 bridgehead atoms. The normalized spacial score (nSPS) is 20.1. The van der Waals surface area contributed by atoms with Gasteiger partial charge < -0.3 is 9.32 Å². The highest BCUT2D eigenvalue weighted by molar-refractivity contribution is 7.88. The number of furan rings is 1. The fourth-order valence-corrected chi connectivity index (χ4v) is 2.95. The molecule has 0 saturated carbocycles. The molecular weight excluding hydrogens is 304 g/mol. The predicted octanol–water partition coefficient (Wildman–Crippen LogP) is 1.33. The van der Waals surface area contributed by atoms with Crippen LogP contribution in [0, 0.1) is 5.92 Å². The standard InChI is InChI=1S/C12H17ClN2O4S/c1-20(17,18)14-7-9-3-2-6-15(8-9)12(16)10-4-5-11(13)19-10/h4-5,9,14H,2-3,6-8H2,1H3/t9-/m0/s1. The van der Waals surface area contributed by atoms with Crippen LogP contribution in [0.5, 0.6) is 0 Å². The Morgan fingerprint density at radius 2 is 2.30 bits per heavy atom. The van der Waals surface area contributed by atoms with Crippen LogP contribution in [0.1, 0.15) is 23.4 Å². The first-order chi connectivity index (χ1) is 9.35. The number of carbonyl (C=O) groups excluding carboxylic acids is 1. The summed E-state index contributed by atoms with van der Waals surface area (Å²) >= 11 is 5.66. The topological polar surface area (TPSA) is 79.6 Å². The molecule has 1 atom stereocenters. The number of sulfonamides is 1. The van der Waals surface area contributed by atoms with Crippen molar-refractivity contribution >= 4 is 27.5 Å². The number of amides is 1. The van der Waals surface area contributed by atoms with Crippen molar-refractivity contribution in [3.8, 4) is 0 Å². The van der Waals surface area contributed by atoms with Crippen molar-refractivity contribution < 1.29 is 17.6 Å². The third-order valence-electron chi connectivity index (χ3n) is 3.22. The molecule has 1 aromatic rings. The quantitative estimate of drug-likeness (QED) is 0.907. The molecule has 6 nitrogen and oxygen atoms in total. The van der Waals surface area contributed by atoms with Crippen LogP contribution in [0.25, 0.3) is 0 Å². The summed E-state index contributed by atoms with van der Waals surface area (Å²) in [5.41, 5.74) is 0. The maximum Gasteiger partial charge on any atom is 0.289 e. The Kier molecular flexibility index (Phi) is 4.72. The van der Waals surface area contributed by atoms with Gasteiger partial charge in [-0.3, -0.25) is 4.79 Å². The van der Waals surface area contributed by atoms with Gasteiger partial charge in [0.2, 0.25) is 10.0 Å². The summed E-state index contributed by atoms with van der Waals surface area (Å²) < 4.78 is 29.8. The number of likely N-dealkylation sites (tertiary alicyclic amines) is 1. The Morgan fingerprint density at radius 3 is 2.90 bits per heavy atom. The lowest BCUT2D eigenvalue weighted by atomic mass is 9.98. The first kappa shape index (κ1) is 15.3. The first-order valence-electron chi connectivity index (χ1n) is 6.34. The molecule has 0 spiro atoms. The average molecular weight is 321 g/mol. The number of hydrogen-bond acceptors (Lipinski definition) is 4. The molecule has 1 fully saturated rings. The zero-order valence-electron chi connectivity index (χ0n) is 11.1. The molecule has 0 aliphatic carbocycles. The van der Waals surface area contributed by atoms with Crippen molar-refractivity contribution in [1.29, 1.82) is 0 Å². The van der Waals surface area contributed by atoms with Gasteiger partial charge in [-0.2, -0.15) is 0 Å². The highest BCUT2D eigenvalue weighted by Gasteiger charge is 2.26. The predicted molar refractivity (Wildman–Crippen MR) is 75.2 cm³/mol. The maximum absolute atomic E-state index is 12.2. The number of halogens is 1. The zero-order valence-corrected chi connectivity index (χ0v) is 12.7. The highest BCUT2D eigenvalue weighted by atomic mass is 35.5. The molecule has 1 N–H and O–H groups in total. The molecule has 1 aliphatic heterocycles. The van der Waals surface area contributed by atoms with Gasteiger partial charge in [-0.25, -0.2) is 13.1 Å². The highest BCUT2D eigenvalue weighted by Crippen LogP contribution is 2.20. The largest absolute Gasteiger partial charge is 0.440 e. The monoisotopic (exact) mass is 320 g/mol. The molecule has 112 valence electrons. The minimum absolute atomic E-state index is 0.118. The van der Waals surface area contributed by atoms with E-state index < -0.39 is 10.0 Å². The van der Waals surface area contributed by atoms with Gasteiger partial charge in [0.15, 0.2) is 11.0 Å². The van der Waals surface area contributed by atoms with Gasteiger partial charge in [-0.15, -0.1) is 0 Å². The molecule has 0 unspecified atom stereocenters. The van der Waals surface area contributed by atoms with Crippen LogP contribution in [0.2, 0.25) is 5.22 Å². The summed E-state index contributed by atoms with van der Waals surface area (Å²) in [6, 6.07) is 3.07. The molecule has 2 heterocycles. The van der Waals surface area contributed by atoms with Crippen molar-refractivity contribution in [2.75, 3.05) is 25.9 Å². The fraction of sp³-hybridized carbons (Fsp3) is 0.583. The lowest BCUT2D eigenvalue weighted by Crippen LogP contribution is -2.43. The van der Waals surface area contributed by atoms with Crippen molar-refractivity contribution in [3.05, 3.63) is 23.1 Å². The lowest BCUT2D eigenvalue weighted by molar-refractivity contribution is 0.0644. The van der Waals surface area contributed by atoms with Gasteiger partial charge in [0.25, 0.3) is 5.91 Å². The zero-order chi connectivity index (χ0) is 14.8. The molecule has 0 aromatic carbocycles. The third kappa shape index (κ3) is 4.22. The summed E-state index contributed by atoms with van der Waals surface area (Å²) in [4.78, 5) is 13.9. The molecule has 1 aliphatic rings. The minimum atomic E-state index is -3.20. The summed E-state index contributed by atoms with van der Waals surface area (Å²) in [5, 5.41) is 0.181. The van der Waals surface area contributed by atoms with E-state index in [0.717, 1.165) is 19.1 Å². The molecule has 1 aromatic heterocycles. The molecule has 1 amide bonds. The van der Waals surface area contributed by atoms with Crippen LogP contribution in [0.3, 0.4) is 0 Å².